The van der Waals surface area contributed by atoms with Crippen LogP contribution in [0.3, 0.4) is 0 Å². The molecule has 0 unspecified atom stereocenters. The molecule has 1 aliphatic heterocycles. The first kappa shape index (κ1) is 20.3. The summed E-state index contributed by atoms with van der Waals surface area (Å²) in [7, 11) is -4.06. The smallest absolute Gasteiger partial charge is 0.289 e. The van der Waals surface area contributed by atoms with Crippen LogP contribution in [0.15, 0.2) is 57.8 Å². The molecule has 9 nitrogen and oxygen atoms in total. The number of fused-ring (bicyclic) bond motifs is 1. The fourth-order valence-electron chi connectivity index (χ4n) is 3.37. The molecular formula is C19H16ClN3O6S. The van der Waals surface area contributed by atoms with Gasteiger partial charge in [-0.1, -0.05) is 23.7 Å². The van der Waals surface area contributed by atoms with Crippen molar-refractivity contribution < 1.29 is 22.6 Å². The maximum Gasteiger partial charge on any atom is 0.289 e. The van der Waals surface area contributed by atoms with E-state index in [-0.39, 0.29) is 42.7 Å². The van der Waals surface area contributed by atoms with Crippen molar-refractivity contribution in [2.24, 2.45) is 0 Å². The molecule has 1 aromatic heterocycles. The lowest BCUT2D eigenvalue weighted by atomic mass is 10.2. The van der Waals surface area contributed by atoms with Crippen LogP contribution in [0, 0.1) is 10.1 Å². The SMILES string of the molecule is O=C(c1cc2cc(Cl)ccc2o1)N1CCN(S(=O)(=O)c2ccccc2[N+](=O)[O-])CC1. The van der Waals surface area contributed by atoms with Gasteiger partial charge in [0.05, 0.1) is 4.92 Å². The third-order valence-corrected chi connectivity index (χ3v) is 7.08. The van der Waals surface area contributed by atoms with E-state index in [9.17, 15) is 23.3 Å². The Hall–Kier alpha value is -2.95. The van der Waals surface area contributed by atoms with Crippen molar-refractivity contribution in [1.82, 2.24) is 9.21 Å². The number of furan rings is 1. The van der Waals surface area contributed by atoms with Gasteiger partial charge in [0.25, 0.3) is 11.6 Å². The number of carbonyl (C=O) groups is 1. The Balaban J connectivity index is 1.50. The Bertz CT molecular complexity index is 1250. The number of sulfonamides is 1. The number of nitrogens with zero attached hydrogens (tertiary/aromatic N) is 3. The van der Waals surface area contributed by atoms with Crippen LogP contribution in [0.2, 0.25) is 5.02 Å². The molecule has 3 aromatic rings. The standard InChI is InChI=1S/C19H16ClN3O6S/c20-14-5-6-16-13(11-14)12-17(29-16)19(24)21-7-9-22(10-8-21)30(27,28)18-4-2-1-3-15(18)23(25)26/h1-6,11-12H,7-10H2. The lowest BCUT2D eigenvalue weighted by Gasteiger charge is -2.33. The summed E-state index contributed by atoms with van der Waals surface area (Å²) in [6.07, 6.45) is 0. The molecule has 0 N–H and O–H groups in total. The van der Waals surface area contributed by atoms with E-state index >= 15 is 0 Å². The Morgan fingerprint density at radius 1 is 1.07 bits per heavy atom. The highest BCUT2D eigenvalue weighted by molar-refractivity contribution is 7.89. The number of carbonyl (C=O) groups excluding carboxylic acids is 1. The molecule has 0 saturated carbocycles. The normalized spacial score (nSPS) is 15.4. The number of amides is 1. The number of benzene rings is 2. The summed E-state index contributed by atoms with van der Waals surface area (Å²) in [4.78, 5) is 24.4. The molecule has 156 valence electrons. The highest BCUT2D eigenvalue weighted by Crippen LogP contribution is 2.28. The van der Waals surface area contributed by atoms with Crippen LogP contribution in [-0.4, -0.2) is 54.6 Å². The van der Waals surface area contributed by atoms with Crippen LogP contribution in [0.4, 0.5) is 5.69 Å². The van der Waals surface area contributed by atoms with Crippen molar-refractivity contribution in [1.29, 1.82) is 0 Å². The van der Waals surface area contributed by atoms with Gasteiger partial charge in [0.2, 0.25) is 10.0 Å². The van der Waals surface area contributed by atoms with Crippen molar-refractivity contribution in [2.45, 2.75) is 4.90 Å². The number of hydrogen-bond donors (Lipinski definition) is 0. The Kier molecular flexibility index (Phi) is 5.22. The van der Waals surface area contributed by atoms with Crippen molar-refractivity contribution >= 4 is 44.2 Å². The highest BCUT2D eigenvalue weighted by atomic mass is 35.5. The third kappa shape index (κ3) is 3.64. The van der Waals surface area contributed by atoms with E-state index in [1.165, 1.54) is 23.1 Å². The summed E-state index contributed by atoms with van der Waals surface area (Å²) >= 11 is 5.95. The molecule has 0 radical (unpaired) electrons. The van der Waals surface area contributed by atoms with E-state index in [0.717, 1.165) is 10.4 Å². The molecule has 11 heteroatoms. The second-order valence-corrected chi connectivity index (χ2v) is 9.06. The van der Waals surface area contributed by atoms with E-state index < -0.39 is 20.6 Å². The molecule has 0 atom stereocenters. The van der Waals surface area contributed by atoms with Gasteiger partial charge in [-0.25, -0.2) is 8.42 Å². The summed E-state index contributed by atoms with van der Waals surface area (Å²) in [6, 6.07) is 11.8. The average Bonchev–Trinajstić information content (AvgIpc) is 3.16. The number of nitro groups is 1. The van der Waals surface area contributed by atoms with Crippen molar-refractivity contribution in [2.75, 3.05) is 26.2 Å². The summed E-state index contributed by atoms with van der Waals surface area (Å²) in [5.41, 5.74) is 0.0530. The van der Waals surface area contributed by atoms with Crippen molar-refractivity contribution in [3.8, 4) is 0 Å². The molecule has 30 heavy (non-hydrogen) atoms. The first-order valence-electron chi connectivity index (χ1n) is 8.99. The van der Waals surface area contributed by atoms with Gasteiger partial charge in [0.15, 0.2) is 10.7 Å². The van der Waals surface area contributed by atoms with Gasteiger partial charge in [0, 0.05) is 42.7 Å². The average molecular weight is 450 g/mol. The molecule has 0 spiro atoms. The van der Waals surface area contributed by atoms with Crippen molar-refractivity contribution in [3.05, 3.63) is 69.4 Å². The van der Waals surface area contributed by atoms with Gasteiger partial charge < -0.3 is 9.32 Å². The molecule has 2 aromatic carbocycles. The number of para-hydroxylation sites is 1. The molecule has 0 aliphatic carbocycles. The minimum absolute atomic E-state index is 0.0200. The van der Waals surface area contributed by atoms with E-state index in [2.05, 4.69) is 0 Å². The maximum absolute atomic E-state index is 12.9. The van der Waals surface area contributed by atoms with Gasteiger partial charge in [-0.2, -0.15) is 4.31 Å². The molecule has 2 heterocycles. The first-order valence-corrected chi connectivity index (χ1v) is 10.8. The largest absolute Gasteiger partial charge is 0.451 e. The monoisotopic (exact) mass is 449 g/mol. The highest BCUT2D eigenvalue weighted by Gasteiger charge is 2.35. The van der Waals surface area contributed by atoms with E-state index in [0.29, 0.717) is 16.0 Å². The van der Waals surface area contributed by atoms with Gasteiger partial charge in [-0.05, 0) is 30.3 Å². The predicted octanol–water partition coefficient (Wildman–Crippen LogP) is 3.14. The lowest BCUT2D eigenvalue weighted by molar-refractivity contribution is -0.387. The minimum atomic E-state index is -4.06. The van der Waals surface area contributed by atoms with Gasteiger partial charge in [0.1, 0.15) is 5.58 Å². The summed E-state index contributed by atoms with van der Waals surface area (Å²) in [5, 5.41) is 12.4. The minimum Gasteiger partial charge on any atom is -0.451 e. The molecule has 4 rings (SSSR count). The van der Waals surface area contributed by atoms with Gasteiger partial charge in [-0.3, -0.25) is 14.9 Å². The zero-order valence-corrected chi connectivity index (χ0v) is 17.1. The maximum atomic E-state index is 12.9. The number of rotatable bonds is 4. The molecule has 1 aliphatic rings. The molecule has 1 amide bonds. The number of piperazine rings is 1. The molecule has 1 fully saturated rings. The van der Waals surface area contributed by atoms with Crippen LogP contribution < -0.4 is 0 Å². The van der Waals surface area contributed by atoms with Crippen LogP contribution in [0.1, 0.15) is 10.6 Å². The summed E-state index contributed by atoms with van der Waals surface area (Å²) in [6.45, 7) is 0.311. The molecule has 1 saturated heterocycles. The zero-order valence-electron chi connectivity index (χ0n) is 15.5. The predicted molar refractivity (Wildman–Crippen MR) is 109 cm³/mol. The number of halogens is 1. The second-order valence-electron chi connectivity index (χ2n) is 6.71. The summed E-state index contributed by atoms with van der Waals surface area (Å²) < 4.78 is 32.5. The van der Waals surface area contributed by atoms with Crippen LogP contribution in [0.25, 0.3) is 11.0 Å². The molecule has 0 bridgehead atoms. The van der Waals surface area contributed by atoms with Crippen LogP contribution in [-0.2, 0) is 10.0 Å². The van der Waals surface area contributed by atoms with Gasteiger partial charge in [-0.15, -0.1) is 0 Å². The Labute approximate surface area is 176 Å². The fourth-order valence-corrected chi connectivity index (χ4v) is 5.13. The zero-order chi connectivity index (χ0) is 21.5. The third-order valence-electron chi connectivity index (χ3n) is 4.89. The van der Waals surface area contributed by atoms with E-state index in [1.54, 1.807) is 24.3 Å². The van der Waals surface area contributed by atoms with Crippen LogP contribution >= 0.6 is 11.6 Å². The van der Waals surface area contributed by atoms with Gasteiger partial charge >= 0.3 is 0 Å². The summed E-state index contributed by atoms with van der Waals surface area (Å²) in [5.74, 6) is -0.215. The van der Waals surface area contributed by atoms with E-state index in [1.807, 2.05) is 0 Å². The molecular weight excluding hydrogens is 434 g/mol. The Morgan fingerprint density at radius 3 is 2.47 bits per heavy atom. The fraction of sp³-hybridized carbons (Fsp3) is 0.211. The lowest BCUT2D eigenvalue weighted by Crippen LogP contribution is -2.50. The van der Waals surface area contributed by atoms with Crippen molar-refractivity contribution in [3.63, 3.8) is 0 Å². The Morgan fingerprint density at radius 2 is 1.77 bits per heavy atom. The number of nitro benzene ring substituents is 1. The second kappa shape index (κ2) is 7.71. The topological polar surface area (TPSA) is 114 Å². The quantitative estimate of drug-likeness (QED) is 0.446. The van der Waals surface area contributed by atoms with E-state index in [4.69, 9.17) is 16.0 Å². The van der Waals surface area contributed by atoms with Crippen LogP contribution in [0.5, 0.6) is 0 Å². The first-order chi connectivity index (χ1) is 14.3. The number of hydrogen-bond acceptors (Lipinski definition) is 6.